The Morgan fingerprint density at radius 1 is 0.882 bits per heavy atom. The van der Waals surface area contributed by atoms with Crippen LogP contribution < -0.4 is 30.5 Å². The molecule has 19 heteroatoms. The number of aromatic nitrogens is 5. The second-order valence-corrected chi connectivity index (χ2v) is 22.8. The minimum atomic E-state index is -0.806. The molecule has 6 aromatic rings. The number of nitrogens with two attached hydrogens (primary N) is 1. The number of piperidine rings is 2. The van der Waals surface area contributed by atoms with Crippen LogP contribution in [0.2, 0.25) is 0 Å². The number of rotatable bonds is 15. The molecule has 6 atom stereocenters. The third-order valence-corrected chi connectivity index (χ3v) is 17.5. The topological polar surface area (TPSA) is 216 Å². The summed E-state index contributed by atoms with van der Waals surface area (Å²) in [4.78, 5) is 49.6. The maximum Gasteiger partial charge on any atom is 0.243 e. The van der Waals surface area contributed by atoms with Crippen LogP contribution in [0.3, 0.4) is 0 Å². The number of fused-ring (bicyclic) bond motifs is 2. The van der Waals surface area contributed by atoms with Gasteiger partial charge in [-0.3, -0.25) is 9.59 Å². The number of aliphatic hydroxyl groups excluding tert-OH is 1. The lowest BCUT2D eigenvalue weighted by Gasteiger charge is -2.43. The summed E-state index contributed by atoms with van der Waals surface area (Å²) in [7, 11) is 0. The van der Waals surface area contributed by atoms with E-state index in [0.717, 1.165) is 123 Å². The number of ether oxygens (including phenoxy) is 1. The molecule has 18 nitrogen and oxygen atoms in total. The molecule has 11 rings (SSSR count). The molecule has 5 saturated heterocycles. The van der Waals surface area contributed by atoms with Crippen molar-refractivity contribution in [3.63, 3.8) is 0 Å². The number of β-amino-alcohol motifs (C(OH)–C–C–N with tert-alkyl or cyclic N) is 1. The number of para-hydroxylation sites is 1. The molecule has 9 heterocycles. The summed E-state index contributed by atoms with van der Waals surface area (Å²) in [6, 6.07) is 22.8. The number of anilines is 4. The number of hydrogen-bond donors (Lipinski definition) is 4. The molecule has 400 valence electrons. The predicted molar refractivity (Wildman–Crippen MR) is 293 cm³/mol. The highest BCUT2D eigenvalue weighted by Gasteiger charge is 2.44. The van der Waals surface area contributed by atoms with Crippen molar-refractivity contribution in [3.05, 3.63) is 102 Å². The predicted octanol–water partition coefficient (Wildman–Crippen LogP) is 7.44. The Labute approximate surface area is 448 Å². The molecular weight excluding hydrogens is 981 g/mol. The van der Waals surface area contributed by atoms with Gasteiger partial charge >= 0.3 is 0 Å². The van der Waals surface area contributed by atoms with Gasteiger partial charge in [0.1, 0.15) is 23.8 Å². The number of nitrogen functional groups attached to an aromatic ring is 1. The first-order chi connectivity index (χ1) is 36.8. The fourth-order valence-electron chi connectivity index (χ4n) is 12.4. The standard InChI is InChI=1S/C57H70N12O6S/c1-34(2)53(57(73)68-32-43(70)26-48(68)56(72)61-35(3)38-9-11-39(12-10-38)54-36(4)60-33-76-54)50-28-51(64-75-50)66-23-16-37(17-24-66)29-65-21-18-44(19-22-65)74-52-25-40(15-20-59-52)69-41-13-14-42(69)31-67(30-41)47-27-46(62-63-55(47)58)45-7-5-6-8-49(45)71/h5-12,15,20,25,27-28,33-35,37,41-44,48,53,70-71H,13-14,16-19,21-24,26,29-32H2,1-4H3,(H2,58,63)(H,61,72). The van der Waals surface area contributed by atoms with Crippen LogP contribution in [-0.4, -0.2) is 140 Å². The Bertz CT molecular complexity index is 2980. The quantitative estimate of drug-likeness (QED) is 0.0786. The molecule has 4 aromatic heterocycles. The van der Waals surface area contributed by atoms with Crippen LogP contribution in [0, 0.1) is 18.8 Å². The molecular formula is C57H70N12O6S. The zero-order chi connectivity index (χ0) is 52.6. The van der Waals surface area contributed by atoms with E-state index < -0.39 is 18.1 Å². The lowest BCUT2D eigenvalue weighted by atomic mass is 9.91. The van der Waals surface area contributed by atoms with Crippen LogP contribution >= 0.6 is 11.3 Å². The number of piperazine rings is 1. The number of amides is 2. The number of benzene rings is 2. The van der Waals surface area contributed by atoms with Crippen molar-refractivity contribution in [1.82, 2.24) is 40.4 Å². The Morgan fingerprint density at radius 2 is 1.63 bits per heavy atom. The molecule has 5 aliphatic heterocycles. The average Bonchev–Trinajstić information content (AvgIpc) is 4.25. The first-order valence-corrected chi connectivity index (χ1v) is 28.0. The highest BCUT2D eigenvalue weighted by atomic mass is 32.1. The fourth-order valence-corrected chi connectivity index (χ4v) is 13.2. The van der Waals surface area contributed by atoms with Gasteiger partial charge in [0.25, 0.3) is 0 Å². The smallest absolute Gasteiger partial charge is 0.243 e. The molecule has 2 bridgehead atoms. The number of aromatic hydroxyl groups is 1. The molecule has 0 aliphatic carbocycles. The Hall–Kier alpha value is -6.83. The lowest BCUT2D eigenvalue weighted by molar-refractivity contribution is -0.141. The van der Waals surface area contributed by atoms with Gasteiger partial charge in [0.05, 0.1) is 39.6 Å². The van der Waals surface area contributed by atoms with E-state index in [2.05, 4.69) is 62.4 Å². The van der Waals surface area contributed by atoms with Gasteiger partial charge in [-0.05, 0) is 99.6 Å². The SMILES string of the molecule is Cc1ncsc1-c1ccc(C(C)NC(=O)C2CC(O)CN2C(=O)C(c2cc(N3CCC(CN4CCC(Oc5cc(N6C7CCC6CN(c6cc(-c8ccccc8O)nnc6N)C7)ccn5)CC4)CC3)no2)C(C)C)cc1. The van der Waals surface area contributed by atoms with E-state index in [1.807, 2.05) is 87.9 Å². The molecule has 2 amide bonds. The van der Waals surface area contributed by atoms with E-state index in [1.54, 1.807) is 23.5 Å². The van der Waals surface area contributed by atoms with Crippen molar-refractivity contribution in [2.24, 2.45) is 11.8 Å². The number of carbonyl (C=O) groups excluding carboxylic acids is 2. The number of phenols is 1. The monoisotopic (exact) mass is 1050 g/mol. The normalized spacial score (nSPS) is 22.3. The summed E-state index contributed by atoms with van der Waals surface area (Å²) in [5.41, 5.74) is 14.5. The van der Waals surface area contributed by atoms with Gasteiger partial charge in [0.15, 0.2) is 17.4 Å². The number of hydrogen-bond acceptors (Lipinski definition) is 17. The second kappa shape index (κ2) is 22.0. The van der Waals surface area contributed by atoms with Gasteiger partial charge in [-0.2, -0.15) is 0 Å². The maximum atomic E-state index is 14.4. The summed E-state index contributed by atoms with van der Waals surface area (Å²) in [5, 5.41) is 37.5. The zero-order valence-corrected chi connectivity index (χ0v) is 44.7. The van der Waals surface area contributed by atoms with E-state index >= 15 is 0 Å². The van der Waals surface area contributed by atoms with Crippen LogP contribution in [0.25, 0.3) is 21.7 Å². The molecule has 0 radical (unpaired) electrons. The van der Waals surface area contributed by atoms with Crippen LogP contribution in [0.5, 0.6) is 11.6 Å². The van der Waals surface area contributed by atoms with Gasteiger partial charge in [-0.15, -0.1) is 21.5 Å². The van der Waals surface area contributed by atoms with Crippen LogP contribution in [0.4, 0.5) is 23.0 Å². The van der Waals surface area contributed by atoms with Crippen molar-refractivity contribution < 1.29 is 29.1 Å². The summed E-state index contributed by atoms with van der Waals surface area (Å²) in [6.45, 7) is 14.2. The van der Waals surface area contributed by atoms with Crippen molar-refractivity contribution in [3.8, 4) is 33.3 Å². The molecule has 76 heavy (non-hydrogen) atoms. The van der Waals surface area contributed by atoms with Crippen molar-refractivity contribution in [2.75, 3.05) is 72.8 Å². The Kier molecular flexibility index (Phi) is 14.9. The first-order valence-electron chi connectivity index (χ1n) is 27.1. The van der Waals surface area contributed by atoms with Gasteiger partial charge in [-0.1, -0.05) is 55.4 Å². The number of likely N-dealkylation sites (tertiary alicyclic amines) is 2. The second-order valence-electron chi connectivity index (χ2n) is 21.9. The van der Waals surface area contributed by atoms with Gasteiger partial charge in [0, 0.05) is 100 Å². The van der Waals surface area contributed by atoms with Gasteiger partial charge in [0.2, 0.25) is 17.7 Å². The summed E-state index contributed by atoms with van der Waals surface area (Å²) in [5.74, 6) is 1.67. The Morgan fingerprint density at radius 3 is 2.34 bits per heavy atom. The third kappa shape index (κ3) is 10.8. The van der Waals surface area contributed by atoms with E-state index in [0.29, 0.717) is 46.7 Å². The molecule has 5 aliphatic rings. The minimum absolute atomic E-state index is 0.0811. The number of nitrogens with one attached hydrogen (secondary N) is 1. The third-order valence-electron chi connectivity index (χ3n) is 16.5. The molecule has 2 aromatic carbocycles. The highest BCUT2D eigenvalue weighted by Crippen LogP contribution is 2.41. The molecule has 0 saturated carbocycles. The minimum Gasteiger partial charge on any atom is -0.507 e. The van der Waals surface area contributed by atoms with Gasteiger partial charge in [-0.25, -0.2) is 9.97 Å². The van der Waals surface area contributed by atoms with E-state index in [-0.39, 0.29) is 48.6 Å². The fraction of sp³-hybridized carbons (Fsp3) is 0.491. The van der Waals surface area contributed by atoms with Gasteiger partial charge < -0.3 is 55.0 Å². The molecule has 6 unspecified atom stereocenters. The van der Waals surface area contributed by atoms with E-state index in [1.165, 1.54) is 4.90 Å². The number of nitrogens with zero attached hydrogens (tertiary/aromatic N) is 10. The first kappa shape index (κ1) is 51.3. The summed E-state index contributed by atoms with van der Waals surface area (Å²) in [6.07, 6.45) is 7.44. The van der Waals surface area contributed by atoms with Crippen LogP contribution in [-0.2, 0) is 9.59 Å². The lowest BCUT2D eigenvalue weighted by Crippen LogP contribution is -2.54. The Balaban J connectivity index is 0.638. The molecule has 5 fully saturated rings. The van der Waals surface area contributed by atoms with E-state index in [9.17, 15) is 19.8 Å². The summed E-state index contributed by atoms with van der Waals surface area (Å²) >= 11 is 1.60. The van der Waals surface area contributed by atoms with Crippen molar-refractivity contribution >= 4 is 46.2 Å². The maximum absolute atomic E-state index is 14.4. The number of thiazole rings is 1. The summed E-state index contributed by atoms with van der Waals surface area (Å²) < 4.78 is 12.5. The van der Waals surface area contributed by atoms with Crippen molar-refractivity contribution in [1.29, 1.82) is 0 Å². The average molecular weight is 1050 g/mol. The van der Waals surface area contributed by atoms with E-state index in [4.69, 9.17) is 15.0 Å². The number of carbonyl (C=O) groups is 2. The number of phenolic OH excluding ortho intramolecular Hbond substituents is 1. The van der Waals surface area contributed by atoms with Crippen LogP contribution in [0.1, 0.15) is 94.7 Å². The highest BCUT2D eigenvalue weighted by molar-refractivity contribution is 7.13. The zero-order valence-electron chi connectivity index (χ0n) is 43.9. The van der Waals surface area contributed by atoms with Crippen LogP contribution in [0.15, 0.2) is 89.0 Å². The largest absolute Gasteiger partial charge is 0.507 e. The number of aliphatic hydroxyl groups is 1. The molecule has 0 spiro atoms. The molecule has 5 N–H and O–H groups in total. The van der Waals surface area contributed by atoms with Crippen molar-refractivity contribution in [2.45, 2.75) is 115 Å². The number of aryl methyl sites for hydroxylation is 1. The number of pyridine rings is 1.